The van der Waals surface area contributed by atoms with Gasteiger partial charge in [-0.15, -0.1) is 0 Å². The number of rotatable bonds is 5. The summed E-state index contributed by atoms with van der Waals surface area (Å²) in [4.78, 5) is 24.6. The van der Waals surface area contributed by atoms with Crippen molar-refractivity contribution in [2.75, 3.05) is 26.2 Å². The molecule has 1 aromatic carbocycles. The first-order valence-corrected chi connectivity index (χ1v) is 7.15. The number of likely N-dealkylation sites (tertiary alicyclic amines) is 1. The zero-order chi connectivity index (χ0) is 15.2. The lowest BCUT2D eigenvalue weighted by Crippen LogP contribution is -2.39. The summed E-state index contributed by atoms with van der Waals surface area (Å²) in [7, 11) is 0. The smallest absolute Gasteiger partial charge is 0.335 e. The van der Waals surface area contributed by atoms with Crippen molar-refractivity contribution in [1.82, 2.24) is 10.2 Å². The molecular weight excluding hydrogens is 270 g/mol. The first-order valence-electron chi connectivity index (χ1n) is 7.15. The van der Waals surface area contributed by atoms with Gasteiger partial charge in [0.15, 0.2) is 0 Å². The predicted molar refractivity (Wildman–Crippen MR) is 79.2 cm³/mol. The van der Waals surface area contributed by atoms with Crippen molar-refractivity contribution in [3.05, 3.63) is 35.4 Å². The van der Waals surface area contributed by atoms with Crippen LogP contribution in [-0.4, -0.2) is 48.2 Å². The maximum absolute atomic E-state index is 12.0. The van der Waals surface area contributed by atoms with Crippen LogP contribution in [0.5, 0.6) is 0 Å². The van der Waals surface area contributed by atoms with E-state index in [1.165, 1.54) is 0 Å². The summed E-state index contributed by atoms with van der Waals surface area (Å²) in [5.74, 6) is -0.534. The average Bonchev–Trinajstić information content (AvgIpc) is 2.96. The van der Waals surface area contributed by atoms with Gasteiger partial charge in [0, 0.05) is 19.6 Å². The van der Waals surface area contributed by atoms with Crippen molar-refractivity contribution >= 4 is 12.0 Å². The van der Waals surface area contributed by atoms with E-state index in [9.17, 15) is 9.59 Å². The van der Waals surface area contributed by atoms with Crippen LogP contribution in [0.3, 0.4) is 0 Å². The van der Waals surface area contributed by atoms with E-state index >= 15 is 0 Å². The van der Waals surface area contributed by atoms with E-state index in [2.05, 4.69) is 5.32 Å². The van der Waals surface area contributed by atoms with Crippen molar-refractivity contribution in [3.63, 3.8) is 0 Å². The molecule has 1 aromatic rings. The average molecular weight is 291 g/mol. The molecule has 2 amide bonds. The third-order valence-corrected chi connectivity index (χ3v) is 3.77. The lowest BCUT2D eigenvalue weighted by atomic mass is 10.1. The Kier molecular flexibility index (Phi) is 5.16. The van der Waals surface area contributed by atoms with Gasteiger partial charge < -0.3 is 21.1 Å². The number of carbonyl (C=O) groups excluding carboxylic acids is 1. The Morgan fingerprint density at radius 3 is 2.90 bits per heavy atom. The van der Waals surface area contributed by atoms with E-state index in [0.29, 0.717) is 25.4 Å². The van der Waals surface area contributed by atoms with E-state index in [1.54, 1.807) is 23.1 Å². The van der Waals surface area contributed by atoms with Crippen LogP contribution in [0.15, 0.2) is 24.3 Å². The van der Waals surface area contributed by atoms with Crippen molar-refractivity contribution in [3.8, 4) is 0 Å². The first-order chi connectivity index (χ1) is 10.1. The maximum atomic E-state index is 12.0. The molecule has 6 heteroatoms. The molecule has 1 atom stereocenters. The second kappa shape index (κ2) is 7.08. The third kappa shape index (κ3) is 4.19. The predicted octanol–water partition coefficient (Wildman–Crippen LogP) is 0.918. The molecule has 6 nitrogen and oxygen atoms in total. The molecule has 114 valence electrons. The number of hydrogen-bond donors (Lipinski definition) is 3. The molecule has 1 saturated heterocycles. The molecule has 1 heterocycles. The van der Waals surface area contributed by atoms with Gasteiger partial charge in [-0.25, -0.2) is 9.59 Å². The Morgan fingerprint density at radius 1 is 1.43 bits per heavy atom. The Balaban J connectivity index is 1.78. The minimum Gasteiger partial charge on any atom is -0.478 e. The minimum absolute atomic E-state index is 0.0691. The van der Waals surface area contributed by atoms with Gasteiger partial charge in [-0.1, -0.05) is 12.1 Å². The number of nitrogens with two attached hydrogens (primary N) is 1. The van der Waals surface area contributed by atoms with Crippen molar-refractivity contribution in [1.29, 1.82) is 0 Å². The Labute approximate surface area is 123 Å². The van der Waals surface area contributed by atoms with Crippen LogP contribution < -0.4 is 11.1 Å². The lowest BCUT2D eigenvalue weighted by Gasteiger charge is -2.17. The molecule has 2 rings (SSSR count). The lowest BCUT2D eigenvalue weighted by molar-refractivity contribution is 0.0696. The van der Waals surface area contributed by atoms with Gasteiger partial charge in [-0.2, -0.15) is 0 Å². The monoisotopic (exact) mass is 291 g/mol. The molecular formula is C15H21N3O3. The summed E-state index contributed by atoms with van der Waals surface area (Å²) >= 11 is 0. The van der Waals surface area contributed by atoms with E-state index in [4.69, 9.17) is 10.8 Å². The highest BCUT2D eigenvalue weighted by Crippen LogP contribution is 2.14. The van der Waals surface area contributed by atoms with Crippen LogP contribution in [0, 0.1) is 5.92 Å². The second-order valence-corrected chi connectivity index (χ2v) is 5.32. The number of hydrogen-bond acceptors (Lipinski definition) is 3. The van der Waals surface area contributed by atoms with E-state index in [-0.39, 0.29) is 11.6 Å². The summed E-state index contributed by atoms with van der Waals surface area (Å²) in [5.41, 5.74) is 6.77. The van der Waals surface area contributed by atoms with Gasteiger partial charge in [-0.3, -0.25) is 0 Å². The van der Waals surface area contributed by atoms with Crippen LogP contribution in [0.25, 0.3) is 0 Å². The van der Waals surface area contributed by atoms with Crippen LogP contribution in [-0.2, 0) is 6.42 Å². The topological polar surface area (TPSA) is 95.7 Å². The Bertz CT molecular complexity index is 519. The molecule has 1 fully saturated rings. The molecule has 1 aliphatic heterocycles. The number of nitrogens with zero attached hydrogens (tertiary/aromatic N) is 1. The van der Waals surface area contributed by atoms with E-state index in [1.807, 2.05) is 6.07 Å². The van der Waals surface area contributed by atoms with Crippen LogP contribution in [0.2, 0.25) is 0 Å². The summed E-state index contributed by atoms with van der Waals surface area (Å²) in [6.07, 6.45) is 1.57. The highest BCUT2D eigenvalue weighted by Gasteiger charge is 2.24. The zero-order valence-corrected chi connectivity index (χ0v) is 11.9. The number of benzene rings is 1. The minimum atomic E-state index is -0.939. The zero-order valence-electron chi connectivity index (χ0n) is 11.9. The molecule has 0 spiro atoms. The number of carboxylic acid groups (broad SMARTS) is 1. The second-order valence-electron chi connectivity index (χ2n) is 5.32. The van der Waals surface area contributed by atoms with Gasteiger partial charge >= 0.3 is 12.0 Å². The third-order valence-electron chi connectivity index (χ3n) is 3.77. The summed E-state index contributed by atoms with van der Waals surface area (Å²) in [6.45, 7) is 2.58. The quantitative estimate of drug-likeness (QED) is 0.751. The van der Waals surface area contributed by atoms with Gasteiger partial charge in [0.1, 0.15) is 0 Å². The molecule has 0 aromatic heterocycles. The standard InChI is InChI=1S/C15H21N3O3/c16-9-12-5-7-18(10-12)15(21)17-6-4-11-2-1-3-13(8-11)14(19)20/h1-3,8,12H,4-7,9-10,16H2,(H,17,21)(H,19,20). The van der Waals surface area contributed by atoms with Gasteiger partial charge in [0.05, 0.1) is 5.56 Å². The highest BCUT2D eigenvalue weighted by molar-refractivity contribution is 5.87. The highest BCUT2D eigenvalue weighted by atomic mass is 16.4. The molecule has 1 unspecified atom stereocenters. The number of nitrogens with one attached hydrogen (secondary N) is 1. The molecule has 0 saturated carbocycles. The molecule has 0 radical (unpaired) electrons. The SMILES string of the molecule is NCC1CCN(C(=O)NCCc2cccc(C(=O)O)c2)C1. The van der Waals surface area contributed by atoms with E-state index < -0.39 is 5.97 Å². The Hall–Kier alpha value is -2.08. The van der Waals surface area contributed by atoms with Crippen molar-refractivity contribution in [2.45, 2.75) is 12.8 Å². The number of aromatic carboxylic acids is 1. The molecule has 21 heavy (non-hydrogen) atoms. The number of carbonyl (C=O) groups is 2. The molecule has 0 bridgehead atoms. The number of amides is 2. The summed E-state index contributed by atoms with van der Waals surface area (Å²) in [5, 5.41) is 11.8. The van der Waals surface area contributed by atoms with Crippen molar-refractivity contribution in [2.24, 2.45) is 11.7 Å². The molecule has 0 aliphatic carbocycles. The Morgan fingerprint density at radius 2 is 2.24 bits per heavy atom. The summed E-state index contributed by atoms with van der Waals surface area (Å²) < 4.78 is 0. The fraction of sp³-hybridized carbons (Fsp3) is 0.467. The van der Waals surface area contributed by atoms with Crippen molar-refractivity contribution < 1.29 is 14.7 Å². The fourth-order valence-electron chi connectivity index (χ4n) is 2.49. The largest absolute Gasteiger partial charge is 0.478 e. The number of urea groups is 1. The van der Waals surface area contributed by atoms with Crippen LogP contribution in [0.4, 0.5) is 4.79 Å². The molecule has 1 aliphatic rings. The fourth-order valence-corrected chi connectivity index (χ4v) is 2.49. The van der Waals surface area contributed by atoms with Gasteiger partial charge in [-0.05, 0) is 43.0 Å². The van der Waals surface area contributed by atoms with Crippen LogP contribution in [0.1, 0.15) is 22.3 Å². The van der Waals surface area contributed by atoms with Gasteiger partial charge in [0.2, 0.25) is 0 Å². The normalized spacial score (nSPS) is 17.8. The maximum Gasteiger partial charge on any atom is 0.335 e. The van der Waals surface area contributed by atoms with Gasteiger partial charge in [0.25, 0.3) is 0 Å². The first kappa shape index (κ1) is 15.3. The summed E-state index contributed by atoms with van der Waals surface area (Å²) in [6, 6.07) is 6.70. The van der Waals surface area contributed by atoms with Crippen LogP contribution >= 0.6 is 0 Å². The van der Waals surface area contributed by atoms with E-state index in [0.717, 1.165) is 25.1 Å². The number of carboxylic acids is 1. The molecule has 4 N–H and O–H groups in total.